The summed E-state index contributed by atoms with van der Waals surface area (Å²) in [5.41, 5.74) is 0.0608. The van der Waals surface area contributed by atoms with Crippen LogP contribution in [0.5, 0.6) is 0 Å². The van der Waals surface area contributed by atoms with E-state index in [1.54, 1.807) is 0 Å². The first kappa shape index (κ1) is 20.5. The molecule has 0 radical (unpaired) electrons. The zero-order chi connectivity index (χ0) is 18.7. The standard InChI is InChI=1S/C21H40N2O2/c1-7-21(5,6)16-10-12-17(13-11-16)22-18-9-8-14-23(15-18)19(24)25-20(2,3)4/h16-18,22H,7-15H2,1-6H3. The van der Waals surface area contributed by atoms with E-state index in [2.05, 4.69) is 26.1 Å². The van der Waals surface area contributed by atoms with Gasteiger partial charge in [0.25, 0.3) is 0 Å². The van der Waals surface area contributed by atoms with Gasteiger partial charge in [0.2, 0.25) is 0 Å². The highest BCUT2D eigenvalue weighted by Crippen LogP contribution is 2.40. The maximum Gasteiger partial charge on any atom is 0.410 e. The Morgan fingerprint density at radius 2 is 1.68 bits per heavy atom. The van der Waals surface area contributed by atoms with Crippen LogP contribution >= 0.6 is 0 Å². The molecule has 1 unspecified atom stereocenters. The summed E-state index contributed by atoms with van der Waals surface area (Å²) in [6, 6.07) is 1.04. The summed E-state index contributed by atoms with van der Waals surface area (Å²) in [4.78, 5) is 14.2. The third kappa shape index (κ3) is 6.16. The van der Waals surface area contributed by atoms with Gasteiger partial charge in [0.05, 0.1) is 0 Å². The summed E-state index contributed by atoms with van der Waals surface area (Å²) in [6.07, 6.45) is 8.56. The average molecular weight is 353 g/mol. The number of amides is 1. The summed E-state index contributed by atoms with van der Waals surface area (Å²) in [6.45, 7) is 14.6. The minimum Gasteiger partial charge on any atom is -0.444 e. The van der Waals surface area contributed by atoms with Crippen LogP contribution in [-0.2, 0) is 4.74 Å². The summed E-state index contributed by atoms with van der Waals surface area (Å²) in [5, 5.41) is 3.85. The fraction of sp³-hybridized carbons (Fsp3) is 0.952. The molecular formula is C21H40N2O2. The highest BCUT2D eigenvalue weighted by Gasteiger charge is 2.33. The molecule has 1 amide bonds. The lowest BCUT2D eigenvalue weighted by molar-refractivity contribution is 0.0177. The number of nitrogens with one attached hydrogen (secondary N) is 1. The van der Waals surface area contributed by atoms with Gasteiger partial charge >= 0.3 is 6.09 Å². The molecule has 4 heteroatoms. The Hall–Kier alpha value is -0.770. The third-order valence-corrected chi connectivity index (χ3v) is 6.29. The predicted octanol–water partition coefficient (Wildman–Crippen LogP) is 4.97. The molecule has 0 bridgehead atoms. The van der Waals surface area contributed by atoms with Crippen LogP contribution < -0.4 is 5.32 Å². The zero-order valence-corrected chi connectivity index (χ0v) is 17.4. The van der Waals surface area contributed by atoms with Crippen molar-refractivity contribution < 1.29 is 9.53 Å². The monoisotopic (exact) mass is 352 g/mol. The molecule has 4 nitrogen and oxygen atoms in total. The van der Waals surface area contributed by atoms with Crippen molar-refractivity contribution in [2.24, 2.45) is 11.3 Å². The Labute approximate surface area is 155 Å². The van der Waals surface area contributed by atoms with Gasteiger partial charge in [-0.1, -0.05) is 27.2 Å². The Kier molecular flexibility index (Phi) is 6.80. The number of hydrogen-bond donors (Lipinski definition) is 1. The van der Waals surface area contributed by atoms with Crippen LogP contribution in [0.25, 0.3) is 0 Å². The van der Waals surface area contributed by atoms with Gasteiger partial charge in [-0.25, -0.2) is 4.79 Å². The van der Waals surface area contributed by atoms with Gasteiger partial charge in [0.15, 0.2) is 0 Å². The van der Waals surface area contributed by atoms with Crippen molar-refractivity contribution in [1.82, 2.24) is 10.2 Å². The molecule has 25 heavy (non-hydrogen) atoms. The Morgan fingerprint density at radius 1 is 1.04 bits per heavy atom. The number of ether oxygens (including phenoxy) is 1. The molecule has 0 aromatic carbocycles. The molecule has 0 spiro atoms. The fourth-order valence-electron chi connectivity index (χ4n) is 4.27. The van der Waals surface area contributed by atoms with Crippen molar-refractivity contribution >= 4 is 6.09 Å². The molecule has 1 aliphatic carbocycles. The van der Waals surface area contributed by atoms with E-state index in [4.69, 9.17) is 4.74 Å². The summed E-state index contributed by atoms with van der Waals surface area (Å²) >= 11 is 0. The molecule has 1 aliphatic heterocycles. The lowest BCUT2D eigenvalue weighted by Gasteiger charge is -2.41. The van der Waals surface area contributed by atoms with Crippen molar-refractivity contribution in [2.45, 2.75) is 104 Å². The topological polar surface area (TPSA) is 41.6 Å². The largest absolute Gasteiger partial charge is 0.444 e. The highest BCUT2D eigenvalue weighted by molar-refractivity contribution is 5.68. The third-order valence-electron chi connectivity index (χ3n) is 6.29. The van der Waals surface area contributed by atoms with Crippen molar-refractivity contribution in [3.05, 3.63) is 0 Å². The van der Waals surface area contributed by atoms with Gasteiger partial charge in [-0.05, 0) is 70.6 Å². The van der Waals surface area contributed by atoms with Crippen LogP contribution in [0.2, 0.25) is 0 Å². The average Bonchev–Trinajstić information content (AvgIpc) is 2.54. The first-order chi connectivity index (χ1) is 11.6. The molecule has 1 saturated carbocycles. The number of likely N-dealkylation sites (tertiary alicyclic amines) is 1. The Bertz CT molecular complexity index is 434. The SMILES string of the molecule is CCC(C)(C)C1CCC(NC2CCCN(C(=O)OC(C)(C)C)C2)CC1. The number of carbonyl (C=O) groups is 1. The normalized spacial score (nSPS) is 28.7. The van der Waals surface area contributed by atoms with E-state index < -0.39 is 5.60 Å². The minimum atomic E-state index is -0.415. The van der Waals surface area contributed by atoms with Crippen molar-refractivity contribution in [2.75, 3.05) is 13.1 Å². The van der Waals surface area contributed by atoms with E-state index in [-0.39, 0.29) is 6.09 Å². The van der Waals surface area contributed by atoms with E-state index in [0.29, 0.717) is 17.5 Å². The maximum atomic E-state index is 12.3. The zero-order valence-electron chi connectivity index (χ0n) is 17.4. The van der Waals surface area contributed by atoms with E-state index in [9.17, 15) is 4.79 Å². The number of carbonyl (C=O) groups excluding carboxylic acids is 1. The van der Waals surface area contributed by atoms with Crippen LogP contribution in [0.4, 0.5) is 4.79 Å². The molecule has 2 aliphatic rings. The van der Waals surface area contributed by atoms with Crippen molar-refractivity contribution in [3.8, 4) is 0 Å². The van der Waals surface area contributed by atoms with Gasteiger partial charge in [-0.3, -0.25) is 0 Å². The number of nitrogens with zero attached hydrogens (tertiary/aromatic N) is 1. The van der Waals surface area contributed by atoms with Crippen LogP contribution in [0, 0.1) is 11.3 Å². The van der Waals surface area contributed by atoms with Crippen LogP contribution in [0.15, 0.2) is 0 Å². The summed E-state index contributed by atoms with van der Waals surface area (Å²) in [5.74, 6) is 0.861. The first-order valence-electron chi connectivity index (χ1n) is 10.3. The van der Waals surface area contributed by atoms with E-state index in [1.165, 1.54) is 38.5 Å². The first-order valence-corrected chi connectivity index (χ1v) is 10.3. The second-order valence-corrected chi connectivity index (χ2v) is 9.82. The molecule has 1 heterocycles. The molecule has 1 atom stereocenters. The predicted molar refractivity (Wildman–Crippen MR) is 104 cm³/mol. The van der Waals surface area contributed by atoms with Gasteiger partial charge in [0, 0.05) is 25.2 Å². The quantitative estimate of drug-likeness (QED) is 0.776. The van der Waals surface area contributed by atoms with Gasteiger partial charge in [-0.2, -0.15) is 0 Å². The molecule has 0 aromatic rings. The van der Waals surface area contributed by atoms with Gasteiger partial charge < -0.3 is 15.0 Å². The molecule has 2 fully saturated rings. The highest BCUT2D eigenvalue weighted by atomic mass is 16.6. The number of rotatable bonds is 4. The Balaban J connectivity index is 1.79. The van der Waals surface area contributed by atoms with Gasteiger partial charge in [0.1, 0.15) is 5.60 Å². The van der Waals surface area contributed by atoms with Gasteiger partial charge in [-0.15, -0.1) is 0 Å². The number of hydrogen-bond acceptors (Lipinski definition) is 3. The van der Waals surface area contributed by atoms with E-state index >= 15 is 0 Å². The second-order valence-electron chi connectivity index (χ2n) is 9.82. The maximum absolute atomic E-state index is 12.3. The summed E-state index contributed by atoms with van der Waals surface area (Å²) in [7, 11) is 0. The van der Waals surface area contributed by atoms with E-state index in [0.717, 1.165) is 25.4 Å². The molecule has 146 valence electrons. The molecule has 1 saturated heterocycles. The second kappa shape index (κ2) is 8.28. The van der Waals surface area contributed by atoms with Crippen molar-refractivity contribution in [3.63, 3.8) is 0 Å². The number of piperidine rings is 1. The van der Waals surface area contributed by atoms with E-state index in [1.807, 2.05) is 25.7 Å². The minimum absolute atomic E-state index is 0.160. The fourth-order valence-corrected chi connectivity index (χ4v) is 4.27. The Morgan fingerprint density at radius 3 is 2.24 bits per heavy atom. The molecular weight excluding hydrogens is 312 g/mol. The molecule has 1 N–H and O–H groups in total. The van der Waals surface area contributed by atoms with Crippen LogP contribution in [-0.4, -0.2) is 41.8 Å². The van der Waals surface area contributed by atoms with Crippen LogP contribution in [0.1, 0.15) is 86.5 Å². The summed E-state index contributed by atoms with van der Waals surface area (Å²) < 4.78 is 5.54. The lowest BCUT2D eigenvalue weighted by atomic mass is 9.69. The molecule has 2 rings (SSSR count). The smallest absolute Gasteiger partial charge is 0.410 e. The molecule has 0 aromatic heterocycles. The lowest BCUT2D eigenvalue weighted by Crippen LogP contribution is -2.52. The van der Waals surface area contributed by atoms with Crippen LogP contribution in [0.3, 0.4) is 0 Å². The van der Waals surface area contributed by atoms with Crippen molar-refractivity contribution in [1.29, 1.82) is 0 Å².